The average molecular weight is 282 g/mol. The summed E-state index contributed by atoms with van der Waals surface area (Å²) in [6, 6.07) is 2.08. The van der Waals surface area contributed by atoms with Gasteiger partial charge in [0.2, 0.25) is 5.91 Å². The average Bonchev–Trinajstić information content (AvgIpc) is 2.83. The van der Waals surface area contributed by atoms with Crippen molar-refractivity contribution in [1.29, 1.82) is 0 Å². The molecule has 1 amide bonds. The van der Waals surface area contributed by atoms with Crippen molar-refractivity contribution < 1.29 is 9.53 Å². The number of hydrogen-bond acceptors (Lipinski definition) is 4. The third-order valence-corrected chi connectivity index (χ3v) is 4.86. The molecule has 2 N–H and O–H groups in total. The van der Waals surface area contributed by atoms with Crippen molar-refractivity contribution in [3.05, 3.63) is 21.9 Å². The lowest BCUT2D eigenvalue weighted by Gasteiger charge is -2.35. The van der Waals surface area contributed by atoms with Gasteiger partial charge in [-0.15, -0.1) is 11.3 Å². The van der Waals surface area contributed by atoms with E-state index in [1.54, 1.807) is 18.4 Å². The standard InChI is InChI=1S/C14H22N2O2S/c1-11-3-8-19-12(11)9-16-13(17)14(10-18-2)4-6-15-7-5-14/h3,8,15H,4-7,9-10H2,1-2H3,(H,16,17). The summed E-state index contributed by atoms with van der Waals surface area (Å²) in [6.45, 7) is 4.97. The molecule has 0 bridgehead atoms. The van der Waals surface area contributed by atoms with Crippen molar-refractivity contribution in [2.24, 2.45) is 5.41 Å². The number of aryl methyl sites for hydroxylation is 1. The second-order valence-corrected chi connectivity index (χ2v) is 6.17. The van der Waals surface area contributed by atoms with Crippen LogP contribution in [0.2, 0.25) is 0 Å². The van der Waals surface area contributed by atoms with Gasteiger partial charge < -0.3 is 15.4 Å². The van der Waals surface area contributed by atoms with Gasteiger partial charge in [-0.25, -0.2) is 0 Å². The number of nitrogens with one attached hydrogen (secondary N) is 2. The number of piperidine rings is 1. The van der Waals surface area contributed by atoms with Gasteiger partial charge in [0.05, 0.1) is 18.6 Å². The van der Waals surface area contributed by atoms with E-state index in [9.17, 15) is 4.79 Å². The normalized spacial score (nSPS) is 18.2. The predicted molar refractivity (Wildman–Crippen MR) is 77.3 cm³/mol. The van der Waals surface area contributed by atoms with E-state index in [-0.39, 0.29) is 11.3 Å². The molecule has 0 spiro atoms. The van der Waals surface area contributed by atoms with Crippen LogP contribution in [0.3, 0.4) is 0 Å². The zero-order valence-electron chi connectivity index (χ0n) is 11.6. The highest BCUT2D eigenvalue weighted by atomic mass is 32.1. The summed E-state index contributed by atoms with van der Waals surface area (Å²) < 4.78 is 5.28. The number of methoxy groups -OCH3 is 1. The Morgan fingerprint density at radius 2 is 2.26 bits per heavy atom. The van der Waals surface area contributed by atoms with Crippen LogP contribution in [-0.2, 0) is 16.1 Å². The Bertz CT molecular complexity index is 419. The number of amides is 1. The van der Waals surface area contributed by atoms with Gasteiger partial charge in [-0.2, -0.15) is 0 Å². The Morgan fingerprint density at radius 3 is 2.84 bits per heavy atom. The van der Waals surface area contributed by atoms with Crippen LogP contribution in [0, 0.1) is 12.3 Å². The lowest BCUT2D eigenvalue weighted by molar-refractivity contribution is -0.136. The van der Waals surface area contributed by atoms with Crippen LogP contribution < -0.4 is 10.6 Å². The first-order valence-electron chi connectivity index (χ1n) is 6.69. The molecule has 1 fully saturated rings. The molecule has 1 aromatic rings. The predicted octanol–water partition coefficient (Wildman–Crippen LogP) is 1.69. The molecular weight excluding hydrogens is 260 g/mol. The Labute approximate surface area is 118 Å². The molecule has 0 aromatic carbocycles. The van der Waals surface area contributed by atoms with Crippen LogP contribution in [-0.4, -0.2) is 32.7 Å². The van der Waals surface area contributed by atoms with Gasteiger partial charge in [0, 0.05) is 12.0 Å². The molecule has 0 aliphatic carbocycles. The largest absolute Gasteiger partial charge is 0.384 e. The van der Waals surface area contributed by atoms with Crippen LogP contribution in [0.4, 0.5) is 0 Å². The number of carbonyl (C=O) groups is 1. The third-order valence-electron chi connectivity index (χ3n) is 3.84. The fourth-order valence-corrected chi connectivity index (χ4v) is 3.40. The number of thiophene rings is 1. The van der Waals surface area contributed by atoms with Crippen molar-refractivity contribution in [1.82, 2.24) is 10.6 Å². The summed E-state index contributed by atoms with van der Waals surface area (Å²) >= 11 is 1.69. The summed E-state index contributed by atoms with van der Waals surface area (Å²) in [4.78, 5) is 13.7. The molecule has 1 saturated heterocycles. The minimum absolute atomic E-state index is 0.128. The summed E-state index contributed by atoms with van der Waals surface area (Å²) in [6.07, 6.45) is 1.69. The van der Waals surface area contributed by atoms with Crippen molar-refractivity contribution in [2.45, 2.75) is 26.3 Å². The summed E-state index contributed by atoms with van der Waals surface area (Å²) in [5, 5.41) is 8.44. The number of rotatable bonds is 5. The molecule has 0 unspecified atom stereocenters. The van der Waals surface area contributed by atoms with Gasteiger partial charge in [-0.3, -0.25) is 4.79 Å². The molecule has 1 aromatic heterocycles. The highest BCUT2D eigenvalue weighted by Crippen LogP contribution is 2.29. The van der Waals surface area contributed by atoms with E-state index < -0.39 is 0 Å². The molecule has 1 aliphatic heterocycles. The molecule has 0 radical (unpaired) electrons. The summed E-state index contributed by atoms with van der Waals surface area (Å²) in [5.41, 5.74) is 0.891. The topological polar surface area (TPSA) is 50.4 Å². The molecule has 5 heteroatoms. The quantitative estimate of drug-likeness (QED) is 0.864. The molecule has 0 saturated carbocycles. The van der Waals surface area contributed by atoms with Crippen molar-refractivity contribution >= 4 is 17.2 Å². The van der Waals surface area contributed by atoms with Crippen molar-refractivity contribution in [3.63, 3.8) is 0 Å². The lowest BCUT2D eigenvalue weighted by atomic mass is 9.78. The molecule has 106 valence electrons. The first-order chi connectivity index (χ1) is 9.18. The van der Waals surface area contributed by atoms with Gasteiger partial charge in [-0.05, 0) is 49.9 Å². The van der Waals surface area contributed by atoms with E-state index in [4.69, 9.17) is 4.74 Å². The minimum Gasteiger partial charge on any atom is -0.384 e. The second-order valence-electron chi connectivity index (χ2n) is 5.17. The van der Waals surface area contributed by atoms with E-state index in [0.717, 1.165) is 25.9 Å². The molecule has 2 rings (SSSR count). The molecule has 0 atom stereocenters. The maximum absolute atomic E-state index is 12.5. The zero-order valence-corrected chi connectivity index (χ0v) is 12.4. The van der Waals surface area contributed by atoms with Crippen molar-refractivity contribution in [2.75, 3.05) is 26.8 Å². The Balaban J connectivity index is 1.97. The first-order valence-corrected chi connectivity index (χ1v) is 7.57. The lowest BCUT2D eigenvalue weighted by Crippen LogP contribution is -2.49. The Kier molecular flexibility index (Phi) is 4.96. The summed E-state index contributed by atoms with van der Waals surface area (Å²) in [7, 11) is 1.67. The SMILES string of the molecule is COCC1(C(=O)NCc2sccc2C)CCNCC1. The van der Waals surface area contributed by atoms with Crippen molar-refractivity contribution in [3.8, 4) is 0 Å². The van der Waals surface area contributed by atoms with E-state index in [2.05, 4.69) is 29.0 Å². The second kappa shape index (κ2) is 6.50. The van der Waals surface area contributed by atoms with E-state index >= 15 is 0 Å². The number of carbonyl (C=O) groups excluding carboxylic acids is 1. The van der Waals surface area contributed by atoms with Crippen LogP contribution in [0.5, 0.6) is 0 Å². The molecule has 4 nitrogen and oxygen atoms in total. The van der Waals surface area contributed by atoms with E-state index in [0.29, 0.717) is 13.2 Å². The zero-order chi connectivity index (χ0) is 13.7. The van der Waals surface area contributed by atoms with Gasteiger partial charge in [0.15, 0.2) is 0 Å². The highest BCUT2D eigenvalue weighted by Gasteiger charge is 2.39. The maximum Gasteiger partial charge on any atom is 0.228 e. The van der Waals surface area contributed by atoms with Crippen LogP contribution in [0.15, 0.2) is 11.4 Å². The first kappa shape index (κ1) is 14.5. The molecule has 2 heterocycles. The van der Waals surface area contributed by atoms with Gasteiger partial charge in [0.25, 0.3) is 0 Å². The number of hydrogen-bond donors (Lipinski definition) is 2. The number of ether oxygens (including phenoxy) is 1. The van der Waals surface area contributed by atoms with E-state index in [1.165, 1.54) is 10.4 Å². The van der Waals surface area contributed by atoms with Gasteiger partial charge >= 0.3 is 0 Å². The van der Waals surface area contributed by atoms with Crippen LogP contribution in [0.1, 0.15) is 23.3 Å². The van der Waals surface area contributed by atoms with Gasteiger partial charge in [-0.1, -0.05) is 0 Å². The maximum atomic E-state index is 12.5. The fourth-order valence-electron chi connectivity index (χ4n) is 2.55. The highest BCUT2D eigenvalue weighted by molar-refractivity contribution is 7.10. The third kappa shape index (κ3) is 3.35. The fraction of sp³-hybridized carbons (Fsp3) is 0.643. The summed E-state index contributed by atoms with van der Waals surface area (Å²) in [5.74, 6) is 0.128. The minimum atomic E-state index is -0.356. The smallest absolute Gasteiger partial charge is 0.228 e. The monoisotopic (exact) mass is 282 g/mol. The molecule has 1 aliphatic rings. The molecular formula is C14H22N2O2S. The molecule has 19 heavy (non-hydrogen) atoms. The van der Waals surface area contributed by atoms with Crippen LogP contribution in [0.25, 0.3) is 0 Å². The van der Waals surface area contributed by atoms with Crippen LogP contribution >= 0.6 is 11.3 Å². The Hall–Kier alpha value is -0.910. The Morgan fingerprint density at radius 1 is 1.53 bits per heavy atom. The van der Waals surface area contributed by atoms with Gasteiger partial charge in [0.1, 0.15) is 0 Å². The van der Waals surface area contributed by atoms with E-state index in [1.807, 2.05) is 0 Å².